The largest absolute Gasteiger partial charge is 0.480 e. The Balaban J connectivity index is 2.59. The highest BCUT2D eigenvalue weighted by molar-refractivity contribution is 5.77. The summed E-state index contributed by atoms with van der Waals surface area (Å²) in [6, 6.07) is 0. The van der Waals surface area contributed by atoms with E-state index in [4.69, 9.17) is 5.11 Å². The van der Waals surface area contributed by atoms with Gasteiger partial charge in [0.15, 0.2) is 0 Å². The number of nitrogens with zero attached hydrogens (tertiary/aromatic N) is 2. The maximum absolute atomic E-state index is 11.3. The zero-order valence-electron chi connectivity index (χ0n) is 7.69. The predicted octanol–water partition coefficient (Wildman–Crippen LogP) is -0.0697. The van der Waals surface area contributed by atoms with Gasteiger partial charge in [0.1, 0.15) is 6.54 Å². The van der Waals surface area contributed by atoms with Crippen LogP contribution in [0, 0.1) is 0 Å². The van der Waals surface area contributed by atoms with Gasteiger partial charge in [0, 0.05) is 19.5 Å². The normalized spacial score (nSPS) is 19.2. The van der Waals surface area contributed by atoms with Crippen LogP contribution in [0.4, 0.5) is 0 Å². The maximum atomic E-state index is 11.3. The van der Waals surface area contributed by atoms with E-state index in [2.05, 4.69) is 0 Å². The van der Waals surface area contributed by atoms with Gasteiger partial charge in [-0.05, 0) is 13.3 Å². The van der Waals surface area contributed by atoms with Crippen molar-refractivity contribution in [3.05, 3.63) is 0 Å². The first-order valence-electron chi connectivity index (χ1n) is 4.42. The minimum Gasteiger partial charge on any atom is -0.480 e. The van der Waals surface area contributed by atoms with Crippen LogP contribution in [0.3, 0.4) is 0 Å². The molecular formula is C8H14N2O3. The van der Waals surface area contributed by atoms with E-state index in [1.807, 2.05) is 6.92 Å². The van der Waals surface area contributed by atoms with Crippen LogP contribution in [0.25, 0.3) is 0 Å². The Morgan fingerprint density at radius 2 is 2.31 bits per heavy atom. The average Bonchev–Trinajstić information content (AvgIpc) is 2.03. The molecule has 1 N–H and O–H groups in total. The minimum absolute atomic E-state index is 0.0231. The summed E-state index contributed by atoms with van der Waals surface area (Å²) in [4.78, 5) is 21.8. The van der Waals surface area contributed by atoms with Crippen molar-refractivity contribution in [2.75, 3.05) is 19.6 Å². The first-order valence-corrected chi connectivity index (χ1v) is 4.42. The molecule has 1 saturated heterocycles. The number of carboxylic acid groups (broad SMARTS) is 1. The molecule has 0 spiro atoms. The second-order valence-corrected chi connectivity index (χ2v) is 2.99. The van der Waals surface area contributed by atoms with Crippen molar-refractivity contribution in [1.82, 2.24) is 10.0 Å². The third-order valence-corrected chi connectivity index (χ3v) is 2.05. The lowest BCUT2D eigenvalue weighted by atomic mass is 10.2. The summed E-state index contributed by atoms with van der Waals surface area (Å²) in [5, 5.41) is 11.7. The molecule has 0 aromatic rings. The molecule has 1 amide bonds. The van der Waals surface area contributed by atoms with Crippen LogP contribution < -0.4 is 0 Å². The van der Waals surface area contributed by atoms with E-state index >= 15 is 0 Å². The molecule has 74 valence electrons. The number of aliphatic carboxylic acids is 1. The van der Waals surface area contributed by atoms with E-state index in [1.165, 1.54) is 5.01 Å². The summed E-state index contributed by atoms with van der Waals surface area (Å²) in [6.45, 7) is 2.97. The van der Waals surface area contributed by atoms with Gasteiger partial charge in [0.2, 0.25) is 5.91 Å². The molecule has 0 atom stereocenters. The fourth-order valence-electron chi connectivity index (χ4n) is 1.52. The maximum Gasteiger partial charge on any atom is 0.319 e. The quantitative estimate of drug-likeness (QED) is 0.670. The Morgan fingerprint density at radius 3 is 2.85 bits per heavy atom. The summed E-state index contributed by atoms with van der Waals surface area (Å²) < 4.78 is 0. The van der Waals surface area contributed by atoms with Crippen molar-refractivity contribution in [2.45, 2.75) is 19.8 Å². The Morgan fingerprint density at radius 1 is 1.62 bits per heavy atom. The van der Waals surface area contributed by atoms with Crippen LogP contribution in [0.15, 0.2) is 0 Å². The molecule has 1 heterocycles. The first-order chi connectivity index (χ1) is 6.15. The average molecular weight is 186 g/mol. The fraction of sp³-hybridized carbons (Fsp3) is 0.750. The van der Waals surface area contributed by atoms with Gasteiger partial charge in [-0.2, -0.15) is 0 Å². The molecule has 1 fully saturated rings. The molecule has 5 nitrogen and oxygen atoms in total. The van der Waals surface area contributed by atoms with Crippen LogP contribution in [0.1, 0.15) is 19.8 Å². The third kappa shape index (κ3) is 2.42. The van der Waals surface area contributed by atoms with Crippen molar-refractivity contribution in [3.8, 4) is 0 Å². The second-order valence-electron chi connectivity index (χ2n) is 2.99. The molecule has 1 aliphatic heterocycles. The number of amides is 1. The third-order valence-electron chi connectivity index (χ3n) is 2.05. The summed E-state index contributed by atoms with van der Waals surface area (Å²) in [5.74, 6) is -0.872. The summed E-state index contributed by atoms with van der Waals surface area (Å²) in [7, 11) is 0. The summed E-state index contributed by atoms with van der Waals surface area (Å²) >= 11 is 0. The highest BCUT2D eigenvalue weighted by Crippen LogP contribution is 2.11. The Hall–Kier alpha value is -1.10. The van der Waals surface area contributed by atoms with Crippen molar-refractivity contribution in [1.29, 1.82) is 0 Å². The lowest BCUT2D eigenvalue weighted by Gasteiger charge is -2.36. The number of hydrazine groups is 1. The number of carbonyl (C=O) groups excluding carboxylic acids is 1. The smallest absolute Gasteiger partial charge is 0.319 e. The minimum atomic E-state index is -0.895. The number of carbonyl (C=O) groups is 2. The van der Waals surface area contributed by atoms with Gasteiger partial charge >= 0.3 is 5.97 Å². The molecule has 0 aliphatic carbocycles. The monoisotopic (exact) mass is 186 g/mol. The van der Waals surface area contributed by atoms with E-state index in [-0.39, 0.29) is 12.5 Å². The van der Waals surface area contributed by atoms with Gasteiger partial charge in [-0.15, -0.1) is 0 Å². The van der Waals surface area contributed by atoms with E-state index in [9.17, 15) is 9.59 Å². The van der Waals surface area contributed by atoms with E-state index in [0.717, 1.165) is 6.42 Å². The lowest BCUT2D eigenvalue weighted by Crippen LogP contribution is -2.52. The molecule has 0 aromatic heterocycles. The first kappa shape index (κ1) is 9.98. The van der Waals surface area contributed by atoms with Crippen molar-refractivity contribution >= 4 is 11.9 Å². The molecule has 1 rings (SSSR count). The SMILES string of the molecule is CCN1C(=O)CCCN1CC(=O)O. The molecule has 13 heavy (non-hydrogen) atoms. The molecule has 0 radical (unpaired) electrons. The summed E-state index contributed by atoms with van der Waals surface area (Å²) in [5.41, 5.74) is 0. The van der Waals surface area contributed by atoms with Crippen LogP contribution >= 0.6 is 0 Å². The highest BCUT2D eigenvalue weighted by Gasteiger charge is 2.25. The lowest BCUT2D eigenvalue weighted by molar-refractivity contribution is -0.160. The van der Waals surface area contributed by atoms with Crippen LogP contribution in [-0.4, -0.2) is 46.6 Å². The van der Waals surface area contributed by atoms with Crippen molar-refractivity contribution < 1.29 is 14.7 Å². The topological polar surface area (TPSA) is 60.9 Å². The van der Waals surface area contributed by atoms with Crippen molar-refractivity contribution in [3.63, 3.8) is 0 Å². The van der Waals surface area contributed by atoms with E-state index in [0.29, 0.717) is 19.5 Å². The number of rotatable bonds is 3. The Bertz CT molecular complexity index is 217. The van der Waals surface area contributed by atoms with Crippen LogP contribution in [-0.2, 0) is 9.59 Å². The van der Waals surface area contributed by atoms with Gasteiger partial charge in [0.05, 0.1) is 0 Å². The van der Waals surface area contributed by atoms with Gasteiger partial charge in [-0.3, -0.25) is 14.6 Å². The molecule has 5 heteroatoms. The van der Waals surface area contributed by atoms with Gasteiger partial charge in [-0.25, -0.2) is 5.01 Å². The zero-order valence-corrected chi connectivity index (χ0v) is 7.69. The van der Waals surface area contributed by atoms with Gasteiger partial charge in [-0.1, -0.05) is 0 Å². The number of hydrogen-bond acceptors (Lipinski definition) is 3. The number of hydrogen-bond donors (Lipinski definition) is 1. The fourth-order valence-corrected chi connectivity index (χ4v) is 1.52. The van der Waals surface area contributed by atoms with Gasteiger partial charge < -0.3 is 5.11 Å². The summed E-state index contributed by atoms with van der Waals surface area (Å²) in [6.07, 6.45) is 1.28. The Labute approximate surface area is 76.9 Å². The van der Waals surface area contributed by atoms with E-state index in [1.54, 1.807) is 5.01 Å². The molecule has 0 saturated carbocycles. The molecule has 0 unspecified atom stereocenters. The van der Waals surface area contributed by atoms with Crippen LogP contribution in [0.5, 0.6) is 0 Å². The highest BCUT2D eigenvalue weighted by atomic mass is 16.4. The Kier molecular flexibility index (Phi) is 3.25. The standard InChI is InChI=1S/C8H14N2O3/c1-2-10-7(11)4-3-5-9(10)6-8(12)13/h2-6H2,1H3,(H,12,13). The molecular weight excluding hydrogens is 172 g/mol. The molecule has 0 aromatic carbocycles. The van der Waals surface area contributed by atoms with Gasteiger partial charge in [0.25, 0.3) is 0 Å². The number of carboxylic acids is 1. The second kappa shape index (κ2) is 4.23. The van der Waals surface area contributed by atoms with E-state index < -0.39 is 5.97 Å². The van der Waals surface area contributed by atoms with Crippen LogP contribution in [0.2, 0.25) is 0 Å². The molecule has 0 bridgehead atoms. The zero-order chi connectivity index (χ0) is 9.84. The predicted molar refractivity (Wildman–Crippen MR) is 45.8 cm³/mol. The molecule has 1 aliphatic rings. The van der Waals surface area contributed by atoms with Crippen molar-refractivity contribution in [2.24, 2.45) is 0 Å².